The van der Waals surface area contributed by atoms with Gasteiger partial charge in [0.2, 0.25) is 0 Å². The number of rotatable bonds is 9. The second-order valence-corrected chi connectivity index (χ2v) is 21.0. The first-order valence-electron chi connectivity index (χ1n) is 26.5. The van der Waals surface area contributed by atoms with Crippen molar-refractivity contribution in [2.75, 3.05) is 4.90 Å². The summed E-state index contributed by atoms with van der Waals surface area (Å²) >= 11 is 0. The van der Waals surface area contributed by atoms with Crippen molar-refractivity contribution in [2.45, 2.75) is 36.5 Å². The van der Waals surface area contributed by atoms with Crippen molar-refractivity contribution in [2.24, 2.45) is 0 Å². The topological polar surface area (TPSA) is 3.24 Å². The number of allylic oxidation sites excluding steroid dienone is 1. The van der Waals surface area contributed by atoms with Crippen LogP contribution in [-0.4, -0.2) is 0 Å². The Morgan fingerprint density at radius 2 is 0.853 bits per heavy atom. The molecule has 1 heteroatoms. The molecule has 75 heavy (non-hydrogen) atoms. The second-order valence-electron chi connectivity index (χ2n) is 21.0. The molecular weight excluding hydrogens is 903 g/mol. The molecule has 0 fully saturated rings. The molecule has 1 nitrogen and oxygen atoms in total. The minimum absolute atomic E-state index is 0.243. The van der Waals surface area contributed by atoms with Crippen molar-refractivity contribution in [3.63, 3.8) is 0 Å². The molecule has 0 aromatic heterocycles. The molecule has 0 saturated heterocycles. The molecule has 11 aromatic rings. The highest BCUT2D eigenvalue weighted by atomic mass is 15.1. The number of nitrogens with zero attached hydrogens (tertiary/aromatic N) is 1. The summed E-state index contributed by atoms with van der Waals surface area (Å²) in [7, 11) is 0. The quantitative estimate of drug-likeness (QED) is 0.139. The number of benzene rings is 11. The van der Waals surface area contributed by atoms with E-state index in [1.165, 1.54) is 100 Å². The van der Waals surface area contributed by atoms with Crippen molar-refractivity contribution in [3.8, 4) is 44.5 Å². The highest BCUT2D eigenvalue weighted by Gasteiger charge is 2.48. The number of hydrogen-bond donors (Lipinski definition) is 0. The van der Waals surface area contributed by atoms with E-state index in [1.54, 1.807) is 0 Å². The van der Waals surface area contributed by atoms with Gasteiger partial charge in [0.25, 0.3) is 0 Å². The predicted molar refractivity (Wildman–Crippen MR) is 313 cm³/mol. The summed E-state index contributed by atoms with van der Waals surface area (Å²) in [6.45, 7) is 4.83. The van der Waals surface area contributed by atoms with E-state index in [1.807, 2.05) is 0 Å². The largest absolute Gasteiger partial charge is 0.309 e. The Kier molecular flexibility index (Phi) is 10.5. The summed E-state index contributed by atoms with van der Waals surface area (Å²) in [5, 5.41) is 0. The van der Waals surface area contributed by atoms with Crippen LogP contribution < -0.4 is 4.90 Å². The molecule has 0 bridgehead atoms. The summed E-state index contributed by atoms with van der Waals surface area (Å²) in [4.78, 5) is 2.56. The van der Waals surface area contributed by atoms with Crippen LogP contribution in [-0.2, 0) is 16.2 Å². The van der Waals surface area contributed by atoms with Crippen LogP contribution in [0.4, 0.5) is 17.1 Å². The molecule has 0 radical (unpaired) electrons. The standard InChI is InChI=1S/C74H55N/c1-72(54-26-7-3-8-27-54)49-23-25-52-24-21-37-62(71(52)72)61-35-17-20-41-68(61)75(69-42-22-40-66-70(69)63-36-16-19-39-65(63)74(66,56-30-11-5-12-31-56)57-32-13-6-14-33-57)58-46-43-51(44-47-58)53-45-48-60-59-34-15-18-38-64(59)73(2,67(60)50-53)55-28-9-4-10-29-55/h3-48,50H,49H2,1-2H3. The van der Waals surface area contributed by atoms with Crippen LogP contribution in [0, 0.1) is 0 Å². The maximum absolute atomic E-state index is 2.56. The zero-order valence-corrected chi connectivity index (χ0v) is 42.3. The van der Waals surface area contributed by atoms with Gasteiger partial charge in [0.05, 0.1) is 16.8 Å². The van der Waals surface area contributed by atoms with Gasteiger partial charge in [-0.3, -0.25) is 0 Å². The Morgan fingerprint density at radius 3 is 1.55 bits per heavy atom. The molecule has 11 aromatic carbocycles. The molecule has 0 spiro atoms. The van der Waals surface area contributed by atoms with E-state index < -0.39 is 5.41 Å². The molecule has 2 atom stereocenters. The van der Waals surface area contributed by atoms with E-state index >= 15 is 0 Å². The molecule has 0 aliphatic heterocycles. The van der Waals surface area contributed by atoms with Crippen LogP contribution >= 0.6 is 0 Å². The zero-order chi connectivity index (χ0) is 50.1. The maximum atomic E-state index is 2.56. The summed E-state index contributed by atoms with van der Waals surface area (Å²) < 4.78 is 0. The maximum Gasteiger partial charge on any atom is 0.0714 e. The minimum Gasteiger partial charge on any atom is -0.309 e. The first kappa shape index (κ1) is 44.6. The molecule has 356 valence electrons. The Balaban J connectivity index is 0.996. The fraction of sp³-hybridized carbons (Fsp3) is 0.0811. The van der Waals surface area contributed by atoms with E-state index in [0.717, 1.165) is 23.5 Å². The van der Waals surface area contributed by atoms with Crippen molar-refractivity contribution >= 4 is 23.1 Å². The van der Waals surface area contributed by atoms with Gasteiger partial charge in [0.1, 0.15) is 0 Å². The number of hydrogen-bond acceptors (Lipinski definition) is 1. The van der Waals surface area contributed by atoms with Gasteiger partial charge in [-0.15, -0.1) is 0 Å². The van der Waals surface area contributed by atoms with Crippen LogP contribution in [0.1, 0.15) is 75.9 Å². The van der Waals surface area contributed by atoms with Crippen molar-refractivity contribution < 1.29 is 0 Å². The van der Waals surface area contributed by atoms with Gasteiger partial charge in [0, 0.05) is 27.6 Å². The van der Waals surface area contributed by atoms with E-state index in [2.05, 4.69) is 304 Å². The minimum atomic E-state index is -0.552. The van der Waals surface area contributed by atoms with Gasteiger partial charge in [-0.05, 0) is 133 Å². The Morgan fingerprint density at radius 1 is 0.347 bits per heavy atom. The van der Waals surface area contributed by atoms with Gasteiger partial charge in [-0.1, -0.05) is 262 Å². The predicted octanol–water partition coefficient (Wildman–Crippen LogP) is 18.9. The van der Waals surface area contributed by atoms with Crippen LogP contribution in [0.5, 0.6) is 0 Å². The van der Waals surface area contributed by atoms with Gasteiger partial charge in [-0.2, -0.15) is 0 Å². The molecule has 14 rings (SSSR count). The summed E-state index contributed by atoms with van der Waals surface area (Å²) in [5.74, 6) is 0. The third kappa shape index (κ3) is 6.71. The molecule has 3 aliphatic rings. The van der Waals surface area contributed by atoms with Crippen LogP contribution in [0.3, 0.4) is 0 Å². The monoisotopic (exact) mass is 957 g/mol. The summed E-state index contributed by atoms with van der Waals surface area (Å²) in [5.41, 5.74) is 25.2. The third-order valence-electron chi connectivity index (χ3n) is 17.1. The lowest BCUT2D eigenvalue weighted by molar-refractivity contribution is 0.576. The van der Waals surface area contributed by atoms with Gasteiger partial charge < -0.3 is 4.90 Å². The molecule has 0 N–H and O–H groups in total. The number of para-hydroxylation sites is 1. The first-order chi connectivity index (χ1) is 37.0. The lowest BCUT2D eigenvalue weighted by Gasteiger charge is -2.37. The highest BCUT2D eigenvalue weighted by molar-refractivity contribution is 6.00. The van der Waals surface area contributed by atoms with Gasteiger partial charge in [0.15, 0.2) is 0 Å². The smallest absolute Gasteiger partial charge is 0.0714 e. The molecule has 3 aliphatic carbocycles. The fourth-order valence-electron chi connectivity index (χ4n) is 13.7. The van der Waals surface area contributed by atoms with Crippen LogP contribution in [0.25, 0.3) is 50.6 Å². The normalized spacial score (nSPS) is 17.3. The molecule has 0 amide bonds. The van der Waals surface area contributed by atoms with E-state index in [-0.39, 0.29) is 10.8 Å². The number of anilines is 3. The molecular formula is C74H55N. The summed E-state index contributed by atoms with van der Waals surface area (Å²) in [6, 6.07) is 102. The van der Waals surface area contributed by atoms with E-state index in [0.29, 0.717) is 0 Å². The lowest BCUT2D eigenvalue weighted by Crippen LogP contribution is -2.28. The number of fused-ring (bicyclic) bond motifs is 7. The Bertz CT molecular complexity index is 3950. The zero-order valence-electron chi connectivity index (χ0n) is 42.3. The Hall–Kier alpha value is -9.04. The summed E-state index contributed by atoms with van der Waals surface area (Å²) in [6.07, 6.45) is 5.60. The molecule has 0 heterocycles. The highest BCUT2D eigenvalue weighted by Crippen LogP contribution is 2.61. The van der Waals surface area contributed by atoms with E-state index in [4.69, 9.17) is 0 Å². The fourth-order valence-corrected chi connectivity index (χ4v) is 13.7. The SMILES string of the molecule is CC1(c2ccccc2)CC=Cc2cccc(-c3ccccc3N(c3ccc(-c4ccc5c(c4)C(C)(c4ccccc4)c4ccccc4-5)cc3)c3cccc4c3-c3ccccc3C4(c3ccccc3)c3ccccc3)c21. The van der Waals surface area contributed by atoms with Crippen molar-refractivity contribution in [3.05, 3.63) is 335 Å². The second kappa shape index (κ2) is 17.6. The Labute approximate surface area is 441 Å². The average Bonchev–Trinajstić information content (AvgIpc) is 3.95. The van der Waals surface area contributed by atoms with Crippen molar-refractivity contribution in [1.82, 2.24) is 0 Å². The molecule has 0 saturated carbocycles. The van der Waals surface area contributed by atoms with Crippen molar-refractivity contribution in [1.29, 1.82) is 0 Å². The average molecular weight is 958 g/mol. The third-order valence-corrected chi connectivity index (χ3v) is 17.1. The molecule has 2 unspecified atom stereocenters. The van der Waals surface area contributed by atoms with Gasteiger partial charge in [-0.25, -0.2) is 0 Å². The van der Waals surface area contributed by atoms with Gasteiger partial charge >= 0.3 is 0 Å². The van der Waals surface area contributed by atoms with Crippen LogP contribution in [0.2, 0.25) is 0 Å². The first-order valence-corrected chi connectivity index (χ1v) is 26.5. The van der Waals surface area contributed by atoms with E-state index in [9.17, 15) is 0 Å². The van der Waals surface area contributed by atoms with Crippen LogP contribution in [0.15, 0.2) is 279 Å². The lowest BCUT2D eigenvalue weighted by atomic mass is 9.67.